The Morgan fingerprint density at radius 3 is 1.78 bits per heavy atom. The third-order valence-corrected chi connectivity index (χ3v) is 0.462. The van der Waals surface area contributed by atoms with Crippen LogP contribution in [0, 0.1) is 14.0 Å². The Morgan fingerprint density at radius 1 is 1.44 bits per heavy atom. The molecule has 0 unspecified atom stereocenters. The molecule has 0 aliphatic carbocycles. The van der Waals surface area contributed by atoms with Crippen molar-refractivity contribution in [3.05, 3.63) is 25.0 Å². The molecule has 0 aromatic rings. The van der Waals surface area contributed by atoms with Gasteiger partial charge in [-0.2, -0.15) is 0 Å². The van der Waals surface area contributed by atoms with E-state index >= 15 is 0 Å². The van der Waals surface area contributed by atoms with Gasteiger partial charge in [-0.15, -0.1) is 6.04 Å². The minimum Gasteiger partial charge on any atom is -0.716 e. The first-order valence-electron chi connectivity index (χ1n) is 2.43. The number of hydrogen-bond acceptors (Lipinski definition) is 0. The first-order chi connectivity index (χ1) is 3.13. The molecule has 1 radical (unpaired) electrons. The molecule has 0 amide bonds. The molecular weight excluding hydrogens is 157 g/mol. The van der Waals surface area contributed by atoms with E-state index in [2.05, 4.69) is 5.32 Å². The average Bonchev–Trinajstić information content (AvgIpc) is 1.27. The monoisotopic (exact) mass is 170 g/mol. The number of nitrogens with zero attached hydrogens (tertiary/aromatic N) is 1. The van der Waals surface area contributed by atoms with Crippen LogP contribution in [-0.4, -0.2) is 6.04 Å². The molecule has 2 heteroatoms. The fourth-order valence-corrected chi connectivity index (χ4v) is 0.407. The Balaban J connectivity index is -0.000000180. The van der Waals surface area contributed by atoms with Crippen molar-refractivity contribution in [3.8, 4) is 0 Å². The van der Waals surface area contributed by atoms with Gasteiger partial charge in [0, 0.05) is 0 Å². The molecule has 0 N–H and O–H groups in total. The average molecular weight is 171 g/mol. The third kappa shape index (κ3) is 18.0. The fraction of sp³-hybridized carbons (Fsp3) is 0.571. The summed E-state index contributed by atoms with van der Waals surface area (Å²) in [6.07, 6.45) is 0. The first kappa shape index (κ1) is 16.0. The molecule has 0 aromatic carbocycles. The molecule has 0 rings (SSSR count). The normalized spacial score (nSPS) is 7.11. The van der Waals surface area contributed by atoms with Crippen LogP contribution in [0.3, 0.4) is 0 Å². The van der Waals surface area contributed by atoms with Crippen LogP contribution < -0.4 is 0 Å². The topological polar surface area (TPSA) is 14.1 Å². The zero-order valence-corrected chi connectivity index (χ0v) is 7.41. The largest absolute Gasteiger partial charge is 3.00 e. The number of allylic oxidation sites excluding steroid dienone is 1. The molecule has 0 bridgehead atoms. The maximum atomic E-state index is 5.24. The van der Waals surface area contributed by atoms with Crippen molar-refractivity contribution < 1.29 is 16.5 Å². The molecule has 0 fully saturated rings. The predicted octanol–water partition coefficient (Wildman–Crippen LogP) is 2.55. The minimum atomic E-state index is 0. The van der Waals surface area contributed by atoms with E-state index in [1.165, 1.54) is 0 Å². The van der Waals surface area contributed by atoms with Gasteiger partial charge in [0.1, 0.15) is 0 Å². The second-order valence-electron chi connectivity index (χ2n) is 1.86. The van der Waals surface area contributed by atoms with Gasteiger partial charge in [-0.3, -0.25) is 0 Å². The molecular formula is C7H14NNi. The molecule has 0 aliphatic heterocycles. The maximum Gasteiger partial charge on any atom is 3.00 e. The van der Waals surface area contributed by atoms with E-state index in [-0.39, 0.29) is 23.9 Å². The summed E-state index contributed by atoms with van der Waals surface area (Å²) in [7, 11) is 0. The van der Waals surface area contributed by atoms with Gasteiger partial charge in [-0.05, 0) is 0 Å². The van der Waals surface area contributed by atoms with Gasteiger partial charge in [-0.1, -0.05) is 20.8 Å². The smallest absolute Gasteiger partial charge is 0.716 e. The van der Waals surface area contributed by atoms with Crippen molar-refractivity contribution in [2.24, 2.45) is 0 Å². The summed E-state index contributed by atoms with van der Waals surface area (Å²) in [6, 6.07) is 0.338. The Bertz CT molecular complexity index is 69.3. The summed E-state index contributed by atoms with van der Waals surface area (Å²) in [6.45, 7) is 11.0. The molecule has 9 heavy (non-hydrogen) atoms. The van der Waals surface area contributed by atoms with Gasteiger partial charge >= 0.3 is 16.5 Å². The predicted molar refractivity (Wildman–Crippen MR) is 38.4 cm³/mol. The summed E-state index contributed by atoms with van der Waals surface area (Å²) >= 11 is 0. The maximum absolute atomic E-state index is 5.24. The van der Waals surface area contributed by atoms with Crippen LogP contribution in [0.5, 0.6) is 0 Å². The first-order valence-corrected chi connectivity index (χ1v) is 2.43. The molecule has 0 saturated heterocycles. The van der Waals surface area contributed by atoms with E-state index in [1.54, 1.807) is 6.92 Å². The van der Waals surface area contributed by atoms with Crippen molar-refractivity contribution in [1.82, 2.24) is 0 Å². The number of hydrogen-bond donors (Lipinski definition) is 0. The van der Waals surface area contributed by atoms with Gasteiger partial charge in [0.2, 0.25) is 0 Å². The molecule has 0 aromatic heterocycles. The summed E-state index contributed by atoms with van der Waals surface area (Å²) < 4.78 is 0. The van der Waals surface area contributed by atoms with Crippen molar-refractivity contribution in [2.75, 3.05) is 0 Å². The molecule has 0 saturated carbocycles. The molecule has 0 spiro atoms. The van der Waals surface area contributed by atoms with Gasteiger partial charge in [-0.25, -0.2) is 0 Å². The Hall–Kier alpha value is 0.0335. The van der Waals surface area contributed by atoms with Crippen LogP contribution in [-0.2, 0) is 16.5 Å². The zero-order valence-electron chi connectivity index (χ0n) is 6.42. The van der Waals surface area contributed by atoms with Crippen molar-refractivity contribution in [2.45, 2.75) is 26.8 Å². The quantitative estimate of drug-likeness (QED) is 0.447. The van der Waals surface area contributed by atoms with Gasteiger partial charge < -0.3 is 25.0 Å². The molecule has 0 heterocycles. The van der Waals surface area contributed by atoms with Crippen LogP contribution in [0.2, 0.25) is 0 Å². The van der Waals surface area contributed by atoms with Gasteiger partial charge in [0.25, 0.3) is 0 Å². The van der Waals surface area contributed by atoms with E-state index < -0.39 is 0 Å². The summed E-state index contributed by atoms with van der Waals surface area (Å²) in [5, 5.41) is 3.97. The van der Waals surface area contributed by atoms with Crippen LogP contribution in [0.25, 0.3) is 5.32 Å². The third-order valence-electron chi connectivity index (χ3n) is 0.462. The van der Waals surface area contributed by atoms with Gasteiger partial charge in [0.15, 0.2) is 0 Å². The summed E-state index contributed by atoms with van der Waals surface area (Å²) in [5.41, 5.74) is 0.662. The van der Waals surface area contributed by atoms with Crippen LogP contribution in [0.4, 0.5) is 0 Å². The van der Waals surface area contributed by atoms with Crippen molar-refractivity contribution in [3.63, 3.8) is 0 Å². The molecule has 57 valence electrons. The second-order valence-corrected chi connectivity index (χ2v) is 1.86. The standard InChI is InChI=1S/C6H11N.CH3.Ni/c1-5(2)7-6(3)4;;/h1,6H,2-4H3;1H3;/q-2;-1;+3. The minimum absolute atomic E-state index is 0. The Labute approximate surface area is 68.8 Å². The van der Waals surface area contributed by atoms with Crippen LogP contribution >= 0.6 is 0 Å². The Morgan fingerprint density at radius 2 is 1.78 bits per heavy atom. The van der Waals surface area contributed by atoms with Gasteiger partial charge in [0.05, 0.1) is 0 Å². The molecule has 0 atom stereocenters. The Kier molecular flexibility index (Phi) is 14.3. The van der Waals surface area contributed by atoms with E-state index in [0.717, 1.165) is 0 Å². The van der Waals surface area contributed by atoms with Crippen LogP contribution in [0.15, 0.2) is 5.70 Å². The van der Waals surface area contributed by atoms with E-state index in [4.69, 9.17) is 6.58 Å². The van der Waals surface area contributed by atoms with Crippen LogP contribution in [0.1, 0.15) is 20.8 Å². The number of rotatable bonds is 2. The second kappa shape index (κ2) is 8.03. The fourth-order valence-electron chi connectivity index (χ4n) is 0.407. The molecule has 0 aliphatic rings. The summed E-state index contributed by atoms with van der Waals surface area (Å²) in [5.74, 6) is 0. The zero-order chi connectivity index (χ0) is 5.86. The summed E-state index contributed by atoms with van der Waals surface area (Å²) in [4.78, 5) is 0. The van der Waals surface area contributed by atoms with E-state index in [9.17, 15) is 0 Å². The molecule has 1 nitrogen and oxygen atoms in total. The van der Waals surface area contributed by atoms with E-state index in [1.807, 2.05) is 13.8 Å². The SMILES string of the molecule is [CH-]=C(C)[N-]C(C)C.[CH3-].[Ni+3]. The van der Waals surface area contributed by atoms with E-state index in [0.29, 0.717) is 11.7 Å². The van der Waals surface area contributed by atoms with Crippen molar-refractivity contribution in [1.29, 1.82) is 0 Å². The van der Waals surface area contributed by atoms with Crippen molar-refractivity contribution >= 4 is 0 Å².